The van der Waals surface area contributed by atoms with E-state index in [1.807, 2.05) is 19.1 Å². The van der Waals surface area contributed by atoms with Crippen LogP contribution in [0.2, 0.25) is 0 Å². The van der Waals surface area contributed by atoms with Crippen LogP contribution < -0.4 is 16.6 Å². The maximum Gasteiger partial charge on any atom is 0.330 e. The van der Waals surface area contributed by atoms with Gasteiger partial charge < -0.3 is 5.32 Å². The molecule has 2 aromatic heterocycles. The molecule has 1 atom stereocenters. The Morgan fingerprint density at radius 2 is 1.85 bits per heavy atom. The highest BCUT2D eigenvalue weighted by atomic mass is 16.2. The van der Waals surface area contributed by atoms with Gasteiger partial charge in [0.2, 0.25) is 0 Å². The van der Waals surface area contributed by atoms with Crippen molar-refractivity contribution in [2.75, 3.05) is 0 Å². The average Bonchev–Trinajstić information content (AvgIpc) is 2.48. The molecule has 6 heteroatoms. The summed E-state index contributed by atoms with van der Waals surface area (Å²) in [5.74, 6) is 0. The average molecular weight is 274 g/mol. The molecule has 106 valence electrons. The molecular formula is C14H18N4O2. The topological polar surface area (TPSA) is 68.9 Å². The molecule has 0 bridgehead atoms. The number of aromatic nitrogens is 3. The van der Waals surface area contributed by atoms with Crippen LogP contribution in [-0.4, -0.2) is 14.1 Å². The Morgan fingerprint density at radius 3 is 2.50 bits per heavy atom. The van der Waals surface area contributed by atoms with E-state index in [9.17, 15) is 9.59 Å². The quantitative estimate of drug-likeness (QED) is 0.872. The molecule has 0 saturated heterocycles. The van der Waals surface area contributed by atoms with Gasteiger partial charge in [-0.3, -0.25) is 18.9 Å². The highest BCUT2D eigenvalue weighted by Gasteiger charge is 2.08. The van der Waals surface area contributed by atoms with E-state index in [2.05, 4.69) is 10.3 Å². The minimum Gasteiger partial charge on any atom is -0.305 e. The van der Waals surface area contributed by atoms with Crippen molar-refractivity contribution >= 4 is 0 Å². The first kappa shape index (κ1) is 14.2. The van der Waals surface area contributed by atoms with Crippen molar-refractivity contribution in [3.8, 4) is 0 Å². The number of rotatable bonds is 4. The summed E-state index contributed by atoms with van der Waals surface area (Å²) in [6.07, 6.45) is 3.48. The lowest BCUT2D eigenvalue weighted by Crippen LogP contribution is -2.39. The predicted molar refractivity (Wildman–Crippen MR) is 76.4 cm³/mol. The fourth-order valence-corrected chi connectivity index (χ4v) is 1.98. The zero-order valence-electron chi connectivity index (χ0n) is 11.8. The summed E-state index contributed by atoms with van der Waals surface area (Å²) in [4.78, 5) is 27.4. The van der Waals surface area contributed by atoms with Crippen molar-refractivity contribution < 1.29 is 0 Å². The second-order valence-electron chi connectivity index (χ2n) is 4.76. The van der Waals surface area contributed by atoms with E-state index >= 15 is 0 Å². The summed E-state index contributed by atoms with van der Waals surface area (Å²) >= 11 is 0. The molecule has 0 radical (unpaired) electrons. The first-order valence-electron chi connectivity index (χ1n) is 6.40. The smallest absolute Gasteiger partial charge is 0.305 e. The molecular weight excluding hydrogens is 256 g/mol. The molecule has 0 aromatic carbocycles. The van der Waals surface area contributed by atoms with Crippen LogP contribution in [0.5, 0.6) is 0 Å². The molecule has 1 N–H and O–H groups in total. The van der Waals surface area contributed by atoms with E-state index in [0.29, 0.717) is 12.2 Å². The SMILES string of the molecule is C[C@H](NCc1cc(=O)n(C)c(=O)n1C)c1ccncc1. The normalized spacial score (nSPS) is 12.3. The molecule has 0 aliphatic carbocycles. The Labute approximate surface area is 116 Å². The third-order valence-corrected chi connectivity index (χ3v) is 3.42. The molecule has 0 fully saturated rings. The second-order valence-corrected chi connectivity index (χ2v) is 4.76. The fourth-order valence-electron chi connectivity index (χ4n) is 1.98. The summed E-state index contributed by atoms with van der Waals surface area (Å²) < 4.78 is 2.57. The fraction of sp³-hybridized carbons (Fsp3) is 0.357. The van der Waals surface area contributed by atoms with E-state index < -0.39 is 0 Å². The molecule has 0 saturated carbocycles. The Bertz CT molecular complexity index is 703. The molecule has 20 heavy (non-hydrogen) atoms. The van der Waals surface area contributed by atoms with Crippen LogP contribution in [0.3, 0.4) is 0 Å². The van der Waals surface area contributed by atoms with E-state index in [1.54, 1.807) is 19.4 Å². The first-order chi connectivity index (χ1) is 9.50. The number of nitrogens with zero attached hydrogens (tertiary/aromatic N) is 3. The minimum atomic E-state index is -0.314. The largest absolute Gasteiger partial charge is 0.330 e. The van der Waals surface area contributed by atoms with Crippen LogP contribution in [0.1, 0.15) is 24.2 Å². The van der Waals surface area contributed by atoms with Gasteiger partial charge >= 0.3 is 5.69 Å². The van der Waals surface area contributed by atoms with Gasteiger partial charge in [-0.2, -0.15) is 0 Å². The van der Waals surface area contributed by atoms with Gasteiger partial charge in [0.25, 0.3) is 5.56 Å². The summed E-state index contributed by atoms with van der Waals surface area (Å²) in [5, 5.41) is 3.29. The van der Waals surface area contributed by atoms with Gasteiger partial charge in [-0.25, -0.2) is 4.79 Å². The van der Waals surface area contributed by atoms with Gasteiger partial charge in [-0.15, -0.1) is 0 Å². The summed E-state index contributed by atoms with van der Waals surface area (Å²) in [6.45, 7) is 2.47. The first-order valence-corrected chi connectivity index (χ1v) is 6.40. The lowest BCUT2D eigenvalue weighted by atomic mass is 10.1. The lowest BCUT2D eigenvalue weighted by Gasteiger charge is -2.15. The summed E-state index contributed by atoms with van der Waals surface area (Å²) in [6, 6.07) is 5.45. The van der Waals surface area contributed by atoms with E-state index in [1.165, 1.54) is 17.7 Å². The molecule has 6 nitrogen and oxygen atoms in total. The molecule has 0 spiro atoms. The Balaban J connectivity index is 2.16. The maximum absolute atomic E-state index is 11.8. The molecule has 0 amide bonds. The van der Waals surface area contributed by atoms with Crippen molar-refractivity contribution in [2.24, 2.45) is 14.1 Å². The van der Waals surface area contributed by atoms with Crippen molar-refractivity contribution in [3.05, 3.63) is 62.7 Å². The number of pyridine rings is 1. The molecule has 2 heterocycles. The lowest BCUT2D eigenvalue weighted by molar-refractivity contribution is 0.539. The van der Waals surface area contributed by atoms with Gasteiger partial charge in [-0.1, -0.05) is 0 Å². The molecule has 0 aliphatic rings. The highest BCUT2D eigenvalue weighted by molar-refractivity contribution is 5.14. The van der Waals surface area contributed by atoms with Crippen molar-refractivity contribution in [2.45, 2.75) is 19.5 Å². The van der Waals surface area contributed by atoms with Crippen LogP contribution >= 0.6 is 0 Å². The molecule has 2 rings (SSSR count). The zero-order valence-corrected chi connectivity index (χ0v) is 11.8. The van der Waals surface area contributed by atoms with Crippen molar-refractivity contribution in [1.29, 1.82) is 0 Å². The van der Waals surface area contributed by atoms with Gasteiger partial charge in [-0.05, 0) is 24.6 Å². The van der Waals surface area contributed by atoms with Crippen LogP contribution in [0.4, 0.5) is 0 Å². The predicted octanol–water partition coefficient (Wildman–Crippen LogP) is 0.330. The molecule has 0 unspecified atom stereocenters. The van der Waals surface area contributed by atoms with E-state index in [0.717, 1.165) is 10.1 Å². The van der Waals surface area contributed by atoms with Gasteiger partial charge in [0, 0.05) is 50.8 Å². The molecule has 2 aromatic rings. The zero-order chi connectivity index (χ0) is 14.7. The van der Waals surface area contributed by atoms with Crippen molar-refractivity contribution in [3.63, 3.8) is 0 Å². The summed E-state index contributed by atoms with van der Waals surface area (Å²) in [5.41, 5.74) is 1.17. The molecule has 0 aliphatic heterocycles. The van der Waals surface area contributed by atoms with Gasteiger partial charge in [0.05, 0.1) is 0 Å². The summed E-state index contributed by atoms with van der Waals surface area (Å²) in [7, 11) is 3.14. The van der Waals surface area contributed by atoms with Crippen LogP contribution in [0.25, 0.3) is 0 Å². The second kappa shape index (κ2) is 5.83. The third-order valence-electron chi connectivity index (χ3n) is 3.42. The van der Waals surface area contributed by atoms with Crippen LogP contribution in [-0.2, 0) is 20.6 Å². The van der Waals surface area contributed by atoms with E-state index in [-0.39, 0.29) is 17.3 Å². The van der Waals surface area contributed by atoms with Crippen LogP contribution in [0, 0.1) is 0 Å². The number of hydrogen-bond acceptors (Lipinski definition) is 4. The van der Waals surface area contributed by atoms with Crippen molar-refractivity contribution in [1.82, 2.24) is 19.4 Å². The highest BCUT2D eigenvalue weighted by Crippen LogP contribution is 2.10. The standard InChI is InChI=1S/C14H18N4O2/c1-10(11-4-6-15-7-5-11)16-9-12-8-13(19)18(3)14(20)17(12)2/h4-8,10,16H,9H2,1-3H3/t10-/m0/s1. The minimum absolute atomic E-state index is 0.108. The Morgan fingerprint density at radius 1 is 1.20 bits per heavy atom. The number of hydrogen-bond donors (Lipinski definition) is 1. The van der Waals surface area contributed by atoms with E-state index in [4.69, 9.17) is 0 Å². The Hall–Kier alpha value is -2.21. The third kappa shape index (κ3) is 2.85. The number of nitrogens with one attached hydrogen (secondary N) is 1. The van der Waals surface area contributed by atoms with Gasteiger partial charge in [0.1, 0.15) is 0 Å². The van der Waals surface area contributed by atoms with Gasteiger partial charge in [0.15, 0.2) is 0 Å². The monoisotopic (exact) mass is 274 g/mol. The van der Waals surface area contributed by atoms with Crippen LogP contribution in [0.15, 0.2) is 40.2 Å². The Kier molecular flexibility index (Phi) is 4.14. The maximum atomic E-state index is 11.8.